The third kappa shape index (κ3) is 2.89. The van der Waals surface area contributed by atoms with Crippen LogP contribution in [0.1, 0.15) is 31.2 Å². The molecule has 1 spiro atoms. The minimum atomic E-state index is -0.540. The fourth-order valence-electron chi connectivity index (χ4n) is 3.10. The lowest BCUT2D eigenvalue weighted by Crippen LogP contribution is -2.39. The molecule has 1 aliphatic heterocycles. The molecule has 1 saturated heterocycles. The summed E-state index contributed by atoms with van der Waals surface area (Å²) in [7, 11) is 0. The fourth-order valence-corrected chi connectivity index (χ4v) is 3.10. The van der Waals surface area contributed by atoms with E-state index in [0.29, 0.717) is 13.2 Å². The molecule has 1 saturated carbocycles. The second-order valence-corrected chi connectivity index (χ2v) is 5.63. The zero-order chi connectivity index (χ0) is 15.6. The van der Waals surface area contributed by atoms with Gasteiger partial charge in [-0.05, 0) is 25.0 Å². The van der Waals surface area contributed by atoms with Gasteiger partial charge < -0.3 is 14.8 Å². The van der Waals surface area contributed by atoms with Crippen molar-refractivity contribution in [3.63, 3.8) is 0 Å². The van der Waals surface area contributed by atoms with E-state index in [4.69, 9.17) is 14.7 Å². The molecule has 0 bridgehead atoms. The van der Waals surface area contributed by atoms with Gasteiger partial charge in [0.25, 0.3) is 5.69 Å². The minimum absolute atomic E-state index is 0.0738. The zero-order valence-corrected chi connectivity index (χ0v) is 12.1. The van der Waals surface area contributed by atoms with E-state index in [9.17, 15) is 10.1 Å². The molecular weight excluding hydrogens is 286 g/mol. The highest BCUT2D eigenvalue weighted by molar-refractivity contribution is 5.59. The first-order valence-electron chi connectivity index (χ1n) is 7.35. The van der Waals surface area contributed by atoms with Crippen molar-refractivity contribution in [2.45, 2.75) is 37.5 Å². The summed E-state index contributed by atoms with van der Waals surface area (Å²) in [5, 5.41) is 23.2. The van der Waals surface area contributed by atoms with Crippen LogP contribution in [-0.2, 0) is 9.47 Å². The second-order valence-electron chi connectivity index (χ2n) is 5.63. The maximum absolute atomic E-state index is 10.8. The number of hydrogen-bond donors (Lipinski definition) is 1. The van der Waals surface area contributed by atoms with E-state index in [2.05, 4.69) is 5.32 Å². The topological polar surface area (TPSA) is 97.4 Å². The molecule has 22 heavy (non-hydrogen) atoms. The summed E-state index contributed by atoms with van der Waals surface area (Å²) in [5.41, 5.74) is 0.643. The summed E-state index contributed by atoms with van der Waals surface area (Å²) >= 11 is 0. The monoisotopic (exact) mass is 303 g/mol. The van der Waals surface area contributed by atoms with Gasteiger partial charge in [-0.3, -0.25) is 10.1 Å². The third-order valence-electron chi connectivity index (χ3n) is 4.25. The molecule has 0 unspecified atom stereocenters. The van der Waals surface area contributed by atoms with Crippen molar-refractivity contribution in [3.8, 4) is 6.07 Å². The van der Waals surface area contributed by atoms with Gasteiger partial charge in [0, 0.05) is 30.6 Å². The first-order chi connectivity index (χ1) is 10.6. The van der Waals surface area contributed by atoms with Gasteiger partial charge in [0.1, 0.15) is 11.6 Å². The summed E-state index contributed by atoms with van der Waals surface area (Å²) in [5.74, 6) is -0.397. The van der Waals surface area contributed by atoms with Gasteiger partial charge in [0.15, 0.2) is 5.79 Å². The number of nitro benzene ring substituents is 1. The van der Waals surface area contributed by atoms with Crippen LogP contribution in [0, 0.1) is 21.4 Å². The quantitative estimate of drug-likeness (QED) is 0.680. The first kappa shape index (κ1) is 14.8. The van der Waals surface area contributed by atoms with Crippen molar-refractivity contribution in [2.24, 2.45) is 0 Å². The SMILES string of the molecule is N#Cc1cc(NC2CCC3(CC2)OCCO3)ccc1[N+](=O)[O-]. The van der Waals surface area contributed by atoms with Crippen LogP contribution in [0.15, 0.2) is 18.2 Å². The van der Waals surface area contributed by atoms with Crippen molar-refractivity contribution in [2.75, 3.05) is 18.5 Å². The molecule has 0 radical (unpaired) electrons. The zero-order valence-electron chi connectivity index (χ0n) is 12.1. The molecule has 1 aliphatic carbocycles. The maximum Gasteiger partial charge on any atom is 0.287 e. The van der Waals surface area contributed by atoms with E-state index in [1.807, 2.05) is 6.07 Å². The summed E-state index contributed by atoms with van der Waals surface area (Å²) in [6.07, 6.45) is 3.48. The van der Waals surface area contributed by atoms with E-state index in [1.165, 1.54) is 12.1 Å². The molecule has 0 atom stereocenters. The summed E-state index contributed by atoms with van der Waals surface area (Å²) in [4.78, 5) is 10.3. The Kier molecular flexibility index (Phi) is 3.96. The smallest absolute Gasteiger partial charge is 0.287 e. The number of nitrogens with one attached hydrogen (secondary N) is 1. The summed E-state index contributed by atoms with van der Waals surface area (Å²) in [6.45, 7) is 1.32. The predicted molar refractivity (Wildman–Crippen MR) is 78.3 cm³/mol. The second kappa shape index (κ2) is 5.91. The van der Waals surface area contributed by atoms with Crippen LogP contribution in [0.3, 0.4) is 0 Å². The number of hydrogen-bond acceptors (Lipinski definition) is 6. The van der Waals surface area contributed by atoms with Crippen molar-refractivity contribution in [1.29, 1.82) is 5.26 Å². The molecule has 7 nitrogen and oxygen atoms in total. The highest BCUT2D eigenvalue weighted by Gasteiger charge is 2.40. The standard InChI is InChI=1S/C15H17N3O4/c16-10-11-9-13(1-2-14(11)18(19)20)17-12-3-5-15(6-4-12)21-7-8-22-15/h1-2,9,12,17H,3-8H2. The molecule has 0 amide bonds. The molecule has 1 heterocycles. The Morgan fingerprint density at radius 2 is 2.00 bits per heavy atom. The van der Waals surface area contributed by atoms with E-state index >= 15 is 0 Å². The number of nitro groups is 1. The molecule has 3 rings (SSSR count). The minimum Gasteiger partial charge on any atom is -0.382 e. The lowest BCUT2D eigenvalue weighted by atomic mass is 9.90. The Bertz CT molecular complexity index is 610. The average molecular weight is 303 g/mol. The molecule has 2 fully saturated rings. The highest BCUT2D eigenvalue weighted by atomic mass is 16.7. The van der Waals surface area contributed by atoms with Crippen LogP contribution in [0.25, 0.3) is 0 Å². The van der Waals surface area contributed by atoms with E-state index < -0.39 is 10.7 Å². The van der Waals surface area contributed by atoms with Crippen LogP contribution < -0.4 is 5.32 Å². The number of nitrogens with zero attached hydrogens (tertiary/aromatic N) is 2. The van der Waals surface area contributed by atoms with Crippen LogP contribution in [0.2, 0.25) is 0 Å². The van der Waals surface area contributed by atoms with Crippen molar-refractivity contribution in [3.05, 3.63) is 33.9 Å². The molecule has 0 aromatic heterocycles. The molecule has 1 N–H and O–H groups in total. The van der Waals surface area contributed by atoms with Gasteiger partial charge in [-0.2, -0.15) is 5.26 Å². The van der Waals surface area contributed by atoms with Gasteiger partial charge >= 0.3 is 0 Å². The van der Waals surface area contributed by atoms with Crippen molar-refractivity contribution < 1.29 is 14.4 Å². The highest BCUT2D eigenvalue weighted by Crippen LogP contribution is 2.36. The average Bonchev–Trinajstić information content (AvgIpc) is 2.98. The van der Waals surface area contributed by atoms with Crippen molar-refractivity contribution in [1.82, 2.24) is 0 Å². The Labute approximate surface area is 128 Å². The Morgan fingerprint density at radius 1 is 1.32 bits per heavy atom. The Hall–Kier alpha value is -2.17. The van der Waals surface area contributed by atoms with E-state index in [-0.39, 0.29) is 17.3 Å². The number of nitriles is 1. The normalized spacial score (nSPS) is 20.7. The third-order valence-corrected chi connectivity index (χ3v) is 4.25. The van der Waals surface area contributed by atoms with Crippen LogP contribution >= 0.6 is 0 Å². The van der Waals surface area contributed by atoms with Crippen LogP contribution in [-0.4, -0.2) is 30.0 Å². The maximum atomic E-state index is 10.8. The Balaban J connectivity index is 1.64. The predicted octanol–water partition coefficient (Wildman–Crippen LogP) is 2.56. The first-order valence-corrected chi connectivity index (χ1v) is 7.35. The molecule has 1 aromatic carbocycles. The molecule has 2 aliphatic rings. The number of rotatable bonds is 3. The number of anilines is 1. The van der Waals surface area contributed by atoms with Crippen molar-refractivity contribution >= 4 is 11.4 Å². The van der Waals surface area contributed by atoms with Gasteiger partial charge in [0.05, 0.1) is 18.1 Å². The number of ether oxygens (including phenoxy) is 2. The lowest BCUT2D eigenvalue weighted by Gasteiger charge is -2.36. The van der Waals surface area contributed by atoms with E-state index in [1.54, 1.807) is 6.07 Å². The van der Waals surface area contributed by atoms with Gasteiger partial charge in [-0.25, -0.2) is 0 Å². The molecule has 1 aromatic rings. The molecule has 7 heteroatoms. The van der Waals surface area contributed by atoms with Crippen LogP contribution in [0.4, 0.5) is 11.4 Å². The lowest BCUT2D eigenvalue weighted by molar-refractivity contribution is -0.385. The summed E-state index contributed by atoms with van der Waals surface area (Å²) < 4.78 is 11.4. The van der Waals surface area contributed by atoms with Gasteiger partial charge in [-0.15, -0.1) is 0 Å². The van der Waals surface area contributed by atoms with E-state index in [0.717, 1.165) is 31.4 Å². The van der Waals surface area contributed by atoms with Gasteiger partial charge in [0.2, 0.25) is 0 Å². The molecular formula is C15H17N3O4. The number of benzene rings is 1. The molecule has 116 valence electrons. The summed E-state index contributed by atoms with van der Waals surface area (Å²) in [6, 6.07) is 6.68. The largest absolute Gasteiger partial charge is 0.382 e. The fraction of sp³-hybridized carbons (Fsp3) is 0.533. The Morgan fingerprint density at radius 3 is 2.59 bits per heavy atom. The van der Waals surface area contributed by atoms with Gasteiger partial charge in [-0.1, -0.05) is 0 Å². The van der Waals surface area contributed by atoms with Crippen LogP contribution in [0.5, 0.6) is 0 Å².